The summed E-state index contributed by atoms with van der Waals surface area (Å²) in [6, 6.07) is 3.64. The van der Waals surface area contributed by atoms with E-state index in [1.165, 1.54) is 23.7 Å². The fourth-order valence-electron chi connectivity index (χ4n) is 3.88. The molecule has 2 nitrogen and oxygen atoms in total. The van der Waals surface area contributed by atoms with Crippen LogP contribution in [0.15, 0.2) is 11.6 Å². The van der Waals surface area contributed by atoms with Crippen molar-refractivity contribution < 1.29 is 9.16 Å². The largest absolute Gasteiger partial charge is 0.411 e. The molecule has 23 heavy (non-hydrogen) atoms. The molecular formula is C20H40O2Si. The van der Waals surface area contributed by atoms with Crippen molar-refractivity contribution in [2.45, 2.75) is 117 Å². The molecule has 0 aliphatic carbocycles. The van der Waals surface area contributed by atoms with Gasteiger partial charge in [-0.2, -0.15) is 0 Å². The lowest BCUT2D eigenvalue weighted by Gasteiger charge is -2.51. The molecule has 3 heteroatoms. The molecule has 2 atom stereocenters. The summed E-state index contributed by atoms with van der Waals surface area (Å²) in [6.45, 7) is 18.0. The van der Waals surface area contributed by atoms with E-state index in [1.807, 2.05) is 0 Å². The van der Waals surface area contributed by atoms with Crippen molar-refractivity contribution >= 4 is 8.32 Å². The highest BCUT2D eigenvalue weighted by Crippen LogP contribution is 2.42. The van der Waals surface area contributed by atoms with E-state index in [0.29, 0.717) is 0 Å². The fourth-order valence-corrected chi connectivity index (χ4v) is 6.85. The molecular weight excluding hydrogens is 300 g/mol. The van der Waals surface area contributed by atoms with Crippen molar-refractivity contribution in [1.29, 1.82) is 0 Å². The number of hydrogen-bond acceptors (Lipinski definition) is 2. The van der Waals surface area contributed by atoms with Gasteiger partial charge >= 0.3 is 0 Å². The van der Waals surface area contributed by atoms with Gasteiger partial charge in [0.15, 0.2) is 8.32 Å². The number of allylic oxidation sites excluding steroid dienone is 2. The predicted octanol–water partition coefficient (Wildman–Crippen LogP) is 6.47. The smallest absolute Gasteiger partial charge is 0.192 e. The van der Waals surface area contributed by atoms with Gasteiger partial charge in [0.25, 0.3) is 0 Å². The topological polar surface area (TPSA) is 18.5 Å². The van der Waals surface area contributed by atoms with Crippen LogP contribution in [0, 0.1) is 0 Å². The van der Waals surface area contributed by atoms with Crippen molar-refractivity contribution in [2.75, 3.05) is 0 Å². The highest BCUT2D eigenvalue weighted by molar-refractivity contribution is 6.73. The maximum atomic E-state index is 6.89. The summed E-state index contributed by atoms with van der Waals surface area (Å²) >= 11 is 0. The van der Waals surface area contributed by atoms with Crippen LogP contribution in [0.5, 0.6) is 0 Å². The Hall–Kier alpha value is -0.123. The summed E-state index contributed by atoms with van der Waals surface area (Å²) in [5.74, 6) is 0. The van der Waals surface area contributed by atoms with Crippen molar-refractivity contribution in [3.63, 3.8) is 0 Å². The van der Waals surface area contributed by atoms with Gasteiger partial charge in [0.1, 0.15) is 0 Å². The van der Waals surface area contributed by atoms with E-state index < -0.39 is 8.32 Å². The average molecular weight is 341 g/mol. The van der Waals surface area contributed by atoms with E-state index in [2.05, 4.69) is 61.5 Å². The normalized spacial score (nSPS) is 27.7. The predicted molar refractivity (Wildman–Crippen MR) is 104 cm³/mol. The Kier molecular flexibility index (Phi) is 7.56. The number of ether oxygens (including phenoxy) is 1. The highest BCUT2D eigenvalue weighted by Gasteiger charge is 2.47. The van der Waals surface area contributed by atoms with E-state index in [4.69, 9.17) is 9.16 Å². The van der Waals surface area contributed by atoms with E-state index in [0.717, 1.165) is 25.7 Å². The van der Waals surface area contributed by atoms with Gasteiger partial charge in [-0.15, -0.1) is 0 Å². The van der Waals surface area contributed by atoms with Gasteiger partial charge in [0.2, 0.25) is 0 Å². The monoisotopic (exact) mass is 340 g/mol. The maximum absolute atomic E-state index is 6.89. The summed E-state index contributed by atoms with van der Waals surface area (Å²) in [6.07, 6.45) is 6.94. The van der Waals surface area contributed by atoms with Crippen LogP contribution in [0.2, 0.25) is 18.1 Å². The highest BCUT2D eigenvalue weighted by atomic mass is 28.4. The molecule has 1 saturated heterocycles. The van der Waals surface area contributed by atoms with Crippen LogP contribution in [0.3, 0.4) is 0 Å². The van der Waals surface area contributed by atoms with Crippen LogP contribution in [0.1, 0.15) is 81.1 Å². The zero-order valence-electron chi connectivity index (χ0n) is 16.9. The van der Waals surface area contributed by atoms with Crippen molar-refractivity contribution in [3.8, 4) is 0 Å². The Bertz CT molecular complexity index is 386. The SMILES string of the molecule is CC[Si](CC)(CC)O[C@@H]1CCC(C)(C)O[C@@]1(C)CCC=C(C)C. The van der Waals surface area contributed by atoms with Gasteiger partial charge in [0, 0.05) is 0 Å². The molecule has 0 radical (unpaired) electrons. The van der Waals surface area contributed by atoms with Gasteiger partial charge in [-0.1, -0.05) is 32.4 Å². The van der Waals surface area contributed by atoms with Crippen LogP contribution in [-0.4, -0.2) is 25.6 Å². The van der Waals surface area contributed by atoms with Crippen molar-refractivity contribution in [1.82, 2.24) is 0 Å². The molecule has 1 aliphatic rings. The second-order valence-corrected chi connectivity index (χ2v) is 13.1. The second kappa shape index (κ2) is 8.31. The Morgan fingerprint density at radius 1 is 1.13 bits per heavy atom. The third-order valence-electron chi connectivity index (χ3n) is 5.72. The molecule has 1 aliphatic heterocycles. The van der Waals surface area contributed by atoms with Gasteiger partial charge < -0.3 is 9.16 Å². The zero-order chi connectivity index (χ0) is 17.7. The first-order valence-corrected chi connectivity index (χ1v) is 12.2. The zero-order valence-corrected chi connectivity index (χ0v) is 17.9. The summed E-state index contributed by atoms with van der Waals surface area (Å²) in [4.78, 5) is 0. The molecule has 0 spiro atoms. The minimum absolute atomic E-state index is 0.0333. The number of rotatable bonds is 8. The van der Waals surface area contributed by atoms with Crippen molar-refractivity contribution in [2.24, 2.45) is 0 Å². The molecule has 0 aromatic carbocycles. The van der Waals surface area contributed by atoms with E-state index in [-0.39, 0.29) is 17.3 Å². The first-order valence-electron chi connectivity index (χ1n) is 9.63. The Labute approximate surface area is 146 Å². The first kappa shape index (κ1) is 20.9. The molecule has 1 heterocycles. The Balaban J connectivity index is 2.94. The molecule has 0 N–H and O–H groups in total. The minimum atomic E-state index is -1.60. The molecule has 1 rings (SSSR count). The molecule has 0 aromatic rings. The Morgan fingerprint density at radius 3 is 2.17 bits per heavy atom. The third-order valence-corrected chi connectivity index (χ3v) is 10.4. The van der Waals surface area contributed by atoms with E-state index >= 15 is 0 Å². The molecule has 1 fully saturated rings. The quantitative estimate of drug-likeness (QED) is 0.372. The lowest BCUT2D eigenvalue weighted by molar-refractivity contribution is -0.213. The minimum Gasteiger partial charge on any atom is -0.411 e. The summed E-state index contributed by atoms with van der Waals surface area (Å²) in [7, 11) is -1.60. The summed E-state index contributed by atoms with van der Waals surface area (Å²) in [5.41, 5.74) is 1.19. The van der Waals surface area contributed by atoms with Gasteiger partial charge in [-0.3, -0.25) is 0 Å². The molecule has 0 unspecified atom stereocenters. The molecule has 0 amide bonds. The second-order valence-electron chi connectivity index (χ2n) is 8.38. The fraction of sp³-hybridized carbons (Fsp3) is 0.900. The van der Waals surface area contributed by atoms with Crippen LogP contribution in [0.25, 0.3) is 0 Å². The summed E-state index contributed by atoms with van der Waals surface area (Å²) in [5, 5.41) is 0. The molecule has 0 saturated carbocycles. The molecule has 0 bridgehead atoms. The van der Waals surface area contributed by atoms with Gasteiger partial charge in [0.05, 0.1) is 17.3 Å². The van der Waals surface area contributed by atoms with Gasteiger partial charge in [-0.25, -0.2) is 0 Å². The van der Waals surface area contributed by atoms with Crippen molar-refractivity contribution in [3.05, 3.63) is 11.6 Å². The van der Waals surface area contributed by atoms with E-state index in [1.54, 1.807) is 0 Å². The third kappa shape index (κ3) is 5.72. The average Bonchev–Trinajstić information content (AvgIpc) is 2.46. The first-order chi connectivity index (χ1) is 10.6. The van der Waals surface area contributed by atoms with Crippen LogP contribution in [0.4, 0.5) is 0 Å². The summed E-state index contributed by atoms with van der Waals surface area (Å²) < 4.78 is 13.5. The van der Waals surface area contributed by atoms with Crippen LogP contribution >= 0.6 is 0 Å². The lowest BCUT2D eigenvalue weighted by Crippen LogP contribution is -2.57. The maximum Gasteiger partial charge on any atom is 0.192 e. The number of hydrogen-bond donors (Lipinski definition) is 0. The standard InChI is InChI=1S/C20H40O2Si/c1-9-23(10-2,11-3)21-18-14-16-19(6,7)22-20(18,8)15-12-13-17(4)5/h13,18H,9-12,14-16H2,1-8H3/t18-,20+/m1/s1. The van der Waals surface area contributed by atoms with Crippen LogP contribution < -0.4 is 0 Å². The van der Waals surface area contributed by atoms with E-state index in [9.17, 15) is 0 Å². The molecule has 0 aromatic heterocycles. The van der Waals surface area contributed by atoms with Gasteiger partial charge in [-0.05, 0) is 78.4 Å². The van der Waals surface area contributed by atoms with Crippen LogP contribution in [-0.2, 0) is 9.16 Å². The Morgan fingerprint density at radius 2 is 1.70 bits per heavy atom. The lowest BCUT2D eigenvalue weighted by atomic mass is 9.82. The molecule has 136 valence electrons.